The van der Waals surface area contributed by atoms with Crippen molar-refractivity contribution >= 4 is 33.4 Å². The molecule has 3 N–H and O–H groups in total. The van der Waals surface area contributed by atoms with Crippen LogP contribution in [-0.2, 0) is 19.6 Å². The Morgan fingerprint density at radius 1 is 0.933 bits per heavy atom. The number of sulfonamides is 1. The largest absolute Gasteiger partial charge is 0.444 e. The number of hydrogen-bond donors (Lipinski definition) is 3. The number of amides is 2. The van der Waals surface area contributed by atoms with Gasteiger partial charge < -0.3 is 15.4 Å². The first kappa shape index (κ1) is 23.2. The summed E-state index contributed by atoms with van der Waals surface area (Å²) in [6.45, 7) is 8.59. The maximum atomic E-state index is 12.4. The van der Waals surface area contributed by atoms with Crippen molar-refractivity contribution in [3.63, 3.8) is 0 Å². The van der Waals surface area contributed by atoms with Crippen molar-refractivity contribution < 1.29 is 22.7 Å². The monoisotopic (exact) mass is 433 g/mol. The van der Waals surface area contributed by atoms with E-state index in [1.165, 1.54) is 31.2 Å². The van der Waals surface area contributed by atoms with Crippen molar-refractivity contribution in [2.24, 2.45) is 0 Å². The summed E-state index contributed by atoms with van der Waals surface area (Å²) in [5, 5.41) is 5.11. The van der Waals surface area contributed by atoms with E-state index >= 15 is 0 Å². The van der Waals surface area contributed by atoms with Crippen LogP contribution in [0.25, 0.3) is 0 Å². The van der Waals surface area contributed by atoms with Crippen molar-refractivity contribution in [1.29, 1.82) is 0 Å². The van der Waals surface area contributed by atoms with Gasteiger partial charge in [-0.1, -0.05) is 17.7 Å². The minimum atomic E-state index is -3.71. The van der Waals surface area contributed by atoms with Crippen molar-refractivity contribution in [1.82, 2.24) is 5.32 Å². The first-order chi connectivity index (χ1) is 13.9. The molecule has 0 heterocycles. The minimum Gasteiger partial charge on any atom is -0.444 e. The van der Waals surface area contributed by atoms with Gasteiger partial charge in [0.05, 0.1) is 4.90 Å². The van der Waals surface area contributed by atoms with Gasteiger partial charge in [-0.2, -0.15) is 0 Å². The second-order valence-corrected chi connectivity index (χ2v) is 9.54. The van der Waals surface area contributed by atoms with E-state index in [1.54, 1.807) is 45.0 Å². The second-order valence-electron chi connectivity index (χ2n) is 7.85. The Morgan fingerprint density at radius 2 is 1.47 bits per heavy atom. The smallest absolute Gasteiger partial charge is 0.408 e. The lowest BCUT2D eigenvalue weighted by molar-refractivity contribution is -0.117. The van der Waals surface area contributed by atoms with Crippen LogP contribution in [0.5, 0.6) is 0 Å². The van der Waals surface area contributed by atoms with Crippen molar-refractivity contribution in [2.45, 2.75) is 51.2 Å². The summed E-state index contributed by atoms with van der Waals surface area (Å²) < 4.78 is 32.5. The Labute approximate surface area is 177 Å². The number of rotatable bonds is 6. The summed E-state index contributed by atoms with van der Waals surface area (Å²) in [6, 6.07) is 11.9. The highest BCUT2D eigenvalue weighted by molar-refractivity contribution is 7.92. The lowest BCUT2D eigenvalue weighted by Gasteiger charge is -2.21. The van der Waals surface area contributed by atoms with Gasteiger partial charge in [0.25, 0.3) is 10.0 Å². The average Bonchev–Trinajstić information content (AvgIpc) is 2.61. The van der Waals surface area contributed by atoms with Crippen LogP contribution in [0.3, 0.4) is 0 Å². The predicted octanol–water partition coefficient (Wildman–Crippen LogP) is 3.65. The Balaban J connectivity index is 1.96. The standard InChI is InChI=1S/C21H27N3O5S/c1-14-6-12-18(13-7-14)30(27,28)24-17-10-8-16(9-11-17)23-19(25)15(2)22-20(26)29-21(3,4)5/h6-13,15,24H,1-5H3,(H,22,26)(H,23,25)/t15-/m1/s1. The molecule has 9 heteroatoms. The SMILES string of the molecule is Cc1ccc(S(=O)(=O)Nc2ccc(NC(=O)[C@@H](C)NC(=O)OC(C)(C)C)cc2)cc1. The summed E-state index contributed by atoms with van der Waals surface area (Å²) in [7, 11) is -3.71. The highest BCUT2D eigenvalue weighted by atomic mass is 32.2. The highest BCUT2D eigenvalue weighted by Gasteiger charge is 2.21. The summed E-state index contributed by atoms with van der Waals surface area (Å²) in [6.07, 6.45) is -0.689. The van der Waals surface area contributed by atoms with Crippen LogP contribution < -0.4 is 15.4 Å². The molecule has 0 unspecified atom stereocenters. The molecular formula is C21H27N3O5S. The molecule has 30 heavy (non-hydrogen) atoms. The quantitative estimate of drug-likeness (QED) is 0.643. The first-order valence-corrected chi connectivity index (χ1v) is 10.8. The van der Waals surface area contributed by atoms with Gasteiger partial charge >= 0.3 is 6.09 Å². The number of aryl methyl sites for hydroxylation is 1. The normalized spacial score (nSPS) is 12.6. The summed E-state index contributed by atoms with van der Waals surface area (Å²) in [5.41, 5.74) is 1.11. The Kier molecular flexibility index (Phi) is 7.09. The summed E-state index contributed by atoms with van der Waals surface area (Å²) >= 11 is 0. The molecule has 0 aromatic heterocycles. The second kappa shape index (κ2) is 9.17. The zero-order valence-electron chi connectivity index (χ0n) is 17.6. The minimum absolute atomic E-state index is 0.160. The van der Waals surface area contributed by atoms with Crippen molar-refractivity contribution in [3.8, 4) is 0 Å². The van der Waals surface area contributed by atoms with Gasteiger partial charge in [-0.25, -0.2) is 13.2 Å². The van der Waals surface area contributed by atoms with Gasteiger partial charge in [0.1, 0.15) is 11.6 Å². The molecule has 2 aromatic carbocycles. The average molecular weight is 434 g/mol. The molecule has 0 saturated heterocycles. The molecule has 0 aliphatic carbocycles. The van der Waals surface area contributed by atoms with Gasteiger partial charge in [-0.3, -0.25) is 9.52 Å². The fourth-order valence-corrected chi connectivity index (χ4v) is 3.41. The van der Waals surface area contributed by atoms with Crippen LogP contribution in [0, 0.1) is 6.92 Å². The third-order valence-electron chi connectivity index (χ3n) is 3.86. The van der Waals surface area contributed by atoms with Crippen LogP contribution in [0.15, 0.2) is 53.4 Å². The molecule has 162 valence electrons. The number of ether oxygens (including phenoxy) is 1. The van der Waals surface area contributed by atoms with Crippen molar-refractivity contribution in [3.05, 3.63) is 54.1 Å². The third-order valence-corrected chi connectivity index (χ3v) is 5.26. The number of benzene rings is 2. The number of carbonyl (C=O) groups is 2. The molecule has 0 spiro atoms. The third kappa shape index (κ3) is 7.07. The molecule has 0 radical (unpaired) electrons. The molecule has 8 nitrogen and oxygen atoms in total. The van der Waals surface area contributed by atoms with Gasteiger partial charge in [-0.15, -0.1) is 0 Å². The van der Waals surface area contributed by atoms with Crippen LogP contribution in [-0.4, -0.2) is 32.1 Å². The molecule has 0 aliphatic heterocycles. The van der Waals surface area contributed by atoms with E-state index < -0.39 is 33.7 Å². The van der Waals surface area contributed by atoms with E-state index in [0.717, 1.165) is 5.56 Å². The number of hydrogen-bond acceptors (Lipinski definition) is 5. The highest BCUT2D eigenvalue weighted by Crippen LogP contribution is 2.19. The molecule has 0 bridgehead atoms. The van der Waals surface area contributed by atoms with Crippen LogP contribution in [0.1, 0.15) is 33.3 Å². The van der Waals surface area contributed by atoms with Gasteiger partial charge in [0.2, 0.25) is 5.91 Å². The van der Waals surface area contributed by atoms with Crippen LogP contribution >= 0.6 is 0 Å². The van der Waals surface area contributed by atoms with E-state index in [0.29, 0.717) is 11.4 Å². The lowest BCUT2D eigenvalue weighted by Crippen LogP contribution is -2.43. The van der Waals surface area contributed by atoms with E-state index in [9.17, 15) is 18.0 Å². The summed E-state index contributed by atoms with van der Waals surface area (Å²) in [4.78, 5) is 24.2. The zero-order valence-corrected chi connectivity index (χ0v) is 18.5. The maximum Gasteiger partial charge on any atom is 0.408 e. The van der Waals surface area contributed by atoms with E-state index in [1.807, 2.05) is 6.92 Å². The molecule has 0 aliphatic rings. The van der Waals surface area contributed by atoms with Crippen LogP contribution in [0.2, 0.25) is 0 Å². The van der Waals surface area contributed by atoms with E-state index in [-0.39, 0.29) is 4.90 Å². The van der Waals surface area contributed by atoms with E-state index in [2.05, 4.69) is 15.4 Å². The van der Waals surface area contributed by atoms with Crippen molar-refractivity contribution in [2.75, 3.05) is 10.0 Å². The summed E-state index contributed by atoms with van der Waals surface area (Å²) in [5.74, 6) is -0.436. The van der Waals surface area contributed by atoms with Gasteiger partial charge in [0, 0.05) is 11.4 Å². The van der Waals surface area contributed by atoms with Crippen LogP contribution in [0.4, 0.5) is 16.2 Å². The lowest BCUT2D eigenvalue weighted by atomic mass is 10.2. The topological polar surface area (TPSA) is 114 Å². The number of nitrogens with one attached hydrogen (secondary N) is 3. The fraction of sp³-hybridized carbons (Fsp3) is 0.333. The Hall–Kier alpha value is -3.07. The molecule has 1 atom stereocenters. The fourth-order valence-electron chi connectivity index (χ4n) is 2.35. The maximum absolute atomic E-state index is 12.4. The molecule has 2 amide bonds. The zero-order chi connectivity index (χ0) is 22.5. The molecular weight excluding hydrogens is 406 g/mol. The molecule has 0 saturated carbocycles. The molecule has 2 rings (SSSR count). The number of carbonyl (C=O) groups excluding carboxylic acids is 2. The van der Waals surface area contributed by atoms with Gasteiger partial charge in [-0.05, 0) is 71.0 Å². The number of alkyl carbamates (subject to hydrolysis) is 1. The van der Waals surface area contributed by atoms with E-state index in [4.69, 9.17) is 4.74 Å². The molecule has 2 aromatic rings. The van der Waals surface area contributed by atoms with Gasteiger partial charge in [0.15, 0.2) is 0 Å². The number of anilines is 2. The first-order valence-electron chi connectivity index (χ1n) is 9.36. The molecule has 0 fully saturated rings. The predicted molar refractivity (Wildman–Crippen MR) is 116 cm³/mol. The Bertz CT molecular complexity index is 994. The Morgan fingerprint density at radius 3 is 2.00 bits per heavy atom.